The standard InChI is InChI=1S/C13H20N4O/c1-2-17-7-10(5-15-17)13(18)16-6-9-3-4-12(14)11(9)8-16/h5,7,9,11-12H,2-4,6,8,14H2,1H3. The third-order valence-corrected chi connectivity index (χ3v) is 4.40. The first-order valence-electron chi connectivity index (χ1n) is 6.76. The molecule has 98 valence electrons. The van der Waals surface area contributed by atoms with Gasteiger partial charge in [0.25, 0.3) is 5.91 Å². The summed E-state index contributed by atoms with van der Waals surface area (Å²) in [6.07, 6.45) is 5.78. The Bertz CT molecular complexity index is 456. The van der Waals surface area contributed by atoms with E-state index in [0.29, 0.717) is 17.4 Å². The Balaban J connectivity index is 1.71. The smallest absolute Gasteiger partial charge is 0.257 e. The molecule has 5 heteroatoms. The van der Waals surface area contributed by atoms with E-state index in [1.807, 2.05) is 18.0 Å². The summed E-state index contributed by atoms with van der Waals surface area (Å²) in [6, 6.07) is 0.283. The van der Waals surface area contributed by atoms with Crippen molar-refractivity contribution in [3.05, 3.63) is 18.0 Å². The van der Waals surface area contributed by atoms with Crippen LogP contribution in [0.1, 0.15) is 30.1 Å². The summed E-state index contributed by atoms with van der Waals surface area (Å²) in [5, 5.41) is 4.16. The van der Waals surface area contributed by atoms with E-state index in [0.717, 1.165) is 26.1 Å². The van der Waals surface area contributed by atoms with E-state index in [4.69, 9.17) is 5.73 Å². The molecule has 1 aliphatic carbocycles. The normalized spacial score (nSPS) is 30.8. The monoisotopic (exact) mass is 248 g/mol. The summed E-state index contributed by atoms with van der Waals surface area (Å²) in [4.78, 5) is 14.3. The highest BCUT2D eigenvalue weighted by molar-refractivity contribution is 5.94. The van der Waals surface area contributed by atoms with Gasteiger partial charge in [0.05, 0.1) is 11.8 Å². The van der Waals surface area contributed by atoms with Gasteiger partial charge in [-0.25, -0.2) is 0 Å². The molecule has 0 spiro atoms. The van der Waals surface area contributed by atoms with Gasteiger partial charge < -0.3 is 10.6 Å². The number of likely N-dealkylation sites (tertiary alicyclic amines) is 1. The molecule has 3 rings (SSSR count). The Morgan fingerprint density at radius 1 is 1.50 bits per heavy atom. The average molecular weight is 248 g/mol. The molecule has 0 bridgehead atoms. The molecule has 2 aliphatic rings. The van der Waals surface area contributed by atoms with Crippen LogP contribution in [0.5, 0.6) is 0 Å². The number of aromatic nitrogens is 2. The second-order valence-electron chi connectivity index (χ2n) is 5.46. The summed E-state index contributed by atoms with van der Waals surface area (Å²) in [5.41, 5.74) is 6.79. The number of hydrogen-bond donors (Lipinski definition) is 1. The van der Waals surface area contributed by atoms with Crippen molar-refractivity contribution in [2.24, 2.45) is 17.6 Å². The molecule has 1 amide bonds. The molecular weight excluding hydrogens is 228 g/mol. The molecule has 3 unspecified atom stereocenters. The lowest BCUT2D eigenvalue weighted by Gasteiger charge is -2.17. The van der Waals surface area contributed by atoms with Crippen LogP contribution in [0.15, 0.2) is 12.4 Å². The van der Waals surface area contributed by atoms with Crippen LogP contribution < -0.4 is 5.73 Å². The molecule has 1 aromatic rings. The molecule has 2 N–H and O–H groups in total. The van der Waals surface area contributed by atoms with Gasteiger partial charge in [-0.3, -0.25) is 9.48 Å². The van der Waals surface area contributed by atoms with Gasteiger partial charge >= 0.3 is 0 Å². The predicted octanol–water partition coefficient (Wildman–Crippen LogP) is 0.712. The minimum Gasteiger partial charge on any atom is -0.338 e. The molecule has 18 heavy (non-hydrogen) atoms. The second kappa shape index (κ2) is 4.39. The lowest BCUT2D eigenvalue weighted by atomic mass is 9.98. The quantitative estimate of drug-likeness (QED) is 0.838. The molecule has 1 saturated carbocycles. The first-order chi connectivity index (χ1) is 8.69. The van der Waals surface area contributed by atoms with Crippen molar-refractivity contribution < 1.29 is 4.79 Å². The van der Waals surface area contributed by atoms with Crippen molar-refractivity contribution in [2.45, 2.75) is 32.4 Å². The topological polar surface area (TPSA) is 64.2 Å². The van der Waals surface area contributed by atoms with Crippen LogP contribution in [-0.4, -0.2) is 39.7 Å². The lowest BCUT2D eigenvalue weighted by Crippen LogP contribution is -2.33. The van der Waals surface area contributed by atoms with Gasteiger partial charge in [0.15, 0.2) is 0 Å². The first-order valence-corrected chi connectivity index (χ1v) is 6.76. The van der Waals surface area contributed by atoms with E-state index in [-0.39, 0.29) is 11.9 Å². The second-order valence-corrected chi connectivity index (χ2v) is 5.46. The summed E-state index contributed by atoms with van der Waals surface area (Å²) in [5.74, 6) is 1.23. The number of hydrogen-bond acceptors (Lipinski definition) is 3. The number of carbonyl (C=O) groups excluding carboxylic acids is 1. The Morgan fingerprint density at radius 2 is 2.33 bits per heavy atom. The lowest BCUT2D eigenvalue weighted by molar-refractivity contribution is 0.0779. The fraction of sp³-hybridized carbons (Fsp3) is 0.692. The van der Waals surface area contributed by atoms with Crippen molar-refractivity contribution in [2.75, 3.05) is 13.1 Å². The minimum absolute atomic E-state index is 0.108. The molecule has 5 nitrogen and oxygen atoms in total. The van der Waals surface area contributed by atoms with E-state index in [2.05, 4.69) is 5.10 Å². The van der Waals surface area contributed by atoms with Crippen LogP contribution >= 0.6 is 0 Å². The number of fused-ring (bicyclic) bond motifs is 1. The maximum Gasteiger partial charge on any atom is 0.257 e. The summed E-state index contributed by atoms with van der Waals surface area (Å²) < 4.78 is 1.79. The van der Waals surface area contributed by atoms with Crippen LogP contribution in [-0.2, 0) is 6.54 Å². The third kappa shape index (κ3) is 1.82. The van der Waals surface area contributed by atoms with E-state index in [1.54, 1.807) is 10.9 Å². The molecule has 2 fully saturated rings. The van der Waals surface area contributed by atoms with Crippen molar-refractivity contribution in [3.8, 4) is 0 Å². The maximum atomic E-state index is 12.3. The summed E-state index contributed by atoms with van der Waals surface area (Å²) in [7, 11) is 0. The molecular formula is C13H20N4O. The number of aryl methyl sites for hydroxylation is 1. The number of rotatable bonds is 2. The fourth-order valence-electron chi connectivity index (χ4n) is 3.30. The highest BCUT2D eigenvalue weighted by Crippen LogP contribution is 2.37. The van der Waals surface area contributed by atoms with Gasteiger partial charge in [-0.2, -0.15) is 5.10 Å². The fourth-order valence-corrected chi connectivity index (χ4v) is 3.30. The molecule has 0 aromatic carbocycles. The number of nitrogens with zero attached hydrogens (tertiary/aromatic N) is 3. The SMILES string of the molecule is CCn1cc(C(=O)N2CC3CCC(N)C3C2)cn1. The van der Waals surface area contributed by atoms with E-state index < -0.39 is 0 Å². The number of amides is 1. The summed E-state index contributed by atoms with van der Waals surface area (Å²) in [6.45, 7) is 4.50. The third-order valence-electron chi connectivity index (χ3n) is 4.40. The van der Waals surface area contributed by atoms with Crippen molar-refractivity contribution >= 4 is 5.91 Å². The van der Waals surface area contributed by atoms with Gasteiger partial charge in [-0.1, -0.05) is 0 Å². The van der Waals surface area contributed by atoms with E-state index >= 15 is 0 Å². The predicted molar refractivity (Wildman–Crippen MR) is 68.0 cm³/mol. The van der Waals surface area contributed by atoms with Gasteiger partial charge in [0.2, 0.25) is 0 Å². The molecule has 3 atom stereocenters. The van der Waals surface area contributed by atoms with Crippen molar-refractivity contribution in [3.63, 3.8) is 0 Å². The maximum absolute atomic E-state index is 12.3. The highest BCUT2D eigenvalue weighted by Gasteiger charge is 2.42. The van der Waals surface area contributed by atoms with Crippen molar-refractivity contribution in [1.29, 1.82) is 0 Å². The Morgan fingerprint density at radius 3 is 3.00 bits per heavy atom. The number of carbonyl (C=O) groups is 1. The highest BCUT2D eigenvalue weighted by atomic mass is 16.2. The van der Waals surface area contributed by atoms with Crippen LogP contribution in [0, 0.1) is 11.8 Å². The van der Waals surface area contributed by atoms with Crippen LogP contribution in [0.3, 0.4) is 0 Å². The van der Waals surface area contributed by atoms with Gasteiger partial charge in [-0.05, 0) is 31.6 Å². The molecule has 1 aromatic heterocycles. The van der Waals surface area contributed by atoms with Crippen LogP contribution in [0.4, 0.5) is 0 Å². The zero-order valence-corrected chi connectivity index (χ0v) is 10.7. The first kappa shape index (κ1) is 11.7. The van der Waals surface area contributed by atoms with Crippen molar-refractivity contribution in [1.82, 2.24) is 14.7 Å². The summed E-state index contributed by atoms with van der Waals surface area (Å²) >= 11 is 0. The zero-order valence-electron chi connectivity index (χ0n) is 10.7. The van der Waals surface area contributed by atoms with Gasteiger partial charge in [0, 0.05) is 31.9 Å². The molecule has 2 heterocycles. The average Bonchev–Trinajstić information content (AvgIpc) is 3.06. The molecule has 1 aliphatic heterocycles. The van der Waals surface area contributed by atoms with Gasteiger partial charge in [-0.15, -0.1) is 0 Å². The molecule has 1 saturated heterocycles. The number of nitrogens with two attached hydrogens (primary N) is 1. The van der Waals surface area contributed by atoms with Gasteiger partial charge in [0.1, 0.15) is 0 Å². The van der Waals surface area contributed by atoms with E-state index in [1.165, 1.54) is 6.42 Å². The minimum atomic E-state index is 0.108. The Kier molecular flexibility index (Phi) is 2.86. The largest absolute Gasteiger partial charge is 0.338 e. The molecule has 0 radical (unpaired) electrons. The zero-order chi connectivity index (χ0) is 12.7. The Hall–Kier alpha value is -1.36. The Labute approximate surface area is 107 Å². The van der Waals surface area contributed by atoms with E-state index in [9.17, 15) is 4.79 Å². The van der Waals surface area contributed by atoms with Crippen LogP contribution in [0.2, 0.25) is 0 Å². The van der Waals surface area contributed by atoms with Crippen LogP contribution in [0.25, 0.3) is 0 Å².